The fourth-order valence-corrected chi connectivity index (χ4v) is 18.0. The Morgan fingerprint density at radius 2 is 0.618 bits per heavy atom. The maximum atomic E-state index is 14.8. The second-order valence-electron chi connectivity index (χ2n) is 31.7. The fraction of sp³-hybridized carbons (Fsp3) is 0.216. The van der Waals surface area contributed by atoms with E-state index in [0.717, 1.165) is 11.1 Å². The molecule has 0 aromatic heterocycles. The van der Waals surface area contributed by atoms with Crippen LogP contribution in [0.1, 0.15) is 136 Å². The van der Waals surface area contributed by atoms with Gasteiger partial charge < -0.3 is 0 Å². The number of aldehydes is 1. The third-order valence-corrected chi connectivity index (χ3v) is 22.4. The van der Waals surface area contributed by atoms with E-state index in [0.29, 0.717) is 0 Å². The van der Waals surface area contributed by atoms with Crippen LogP contribution in [0.3, 0.4) is 0 Å². The van der Waals surface area contributed by atoms with Crippen molar-refractivity contribution in [1.29, 1.82) is 0 Å². The van der Waals surface area contributed by atoms with Crippen molar-refractivity contribution in [2.75, 3.05) is 0 Å². The molecule has 428 valence electrons. The quantitative estimate of drug-likeness (QED) is 0.0979. The van der Waals surface area contributed by atoms with Crippen molar-refractivity contribution in [3.63, 3.8) is 0 Å². The van der Waals surface area contributed by atoms with E-state index in [-0.39, 0.29) is 21.7 Å². The zero-order chi connectivity index (χ0) is 61.0. The molecule has 17 aromatic rings. The minimum atomic E-state index is -0.606. The zero-order valence-electron chi connectivity index (χ0n) is 53.6. The van der Waals surface area contributed by atoms with Crippen LogP contribution in [0.4, 0.5) is 0 Å². The molecular formula is C88H70O. The Morgan fingerprint density at radius 3 is 1.07 bits per heavy atom. The molecule has 19 rings (SSSR count). The van der Waals surface area contributed by atoms with Gasteiger partial charge >= 0.3 is 0 Å². The standard InChI is InChI=1S/C88H70O/c1-84(2,3)45-27-23-43(24-28-45)57-39-61-49-33-31-47(86(7,8)9)37-59(49)55-35-36-56-68-65(42-89)88(13,14)64-41-63-60-38-48(87(10,11)12)32-34-50(60)62-40-58(44-25-29-46(30-26-44)85(4,5)6)67-52-20-16-18-22-54(52)71-70-53-21-17-15-19-51(53)66(57)77-73(61)69(55)72(56)82(80(70)77)83-79(76(64)68)75(63)74(62)78(67)81(71)83/h15-42H,1-14H3. The van der Waals surface area contributed by atoms with Crippen molar-refractivity contribution in [3.05, 3.63) is 208 Å². The first-order valence-electron chi connectivity index (χ1n) is 32.4. The highest BCUT2D eigenvalue weighted by molar-refractivity contribution is 6.61. The van der Waals surface area contributed by atoms with Crippen molar-refractivity contribution in [3.8, 4) is 22.3 Å². The Hall–Kier alpha value is -9.17. The van der Waals surface area contributed by atoms with Gasteiger partial charge in [0.1, 0.15) is 6.29 Å². The third kappa shape index (κ3) is 6.21. The molecule has 0 saturated heterocycles. The van der Waals surface area contributed by atoms with E-state index in [1.807, 2.05) is 0 Å². The van der Waals surface area contributed by atoms with Gasteiger partial charge in [-0.05, 0) is 270 Å². The van der Waals surface area contributed by atoms with Gasteiger partial charge in [0, 0.05) is 11.0 Å². The molecule has 0 fully saturated rings. The number of allylic oxidation sites excluding steroid dienone is 1. The first-order chi connectivity index (χ1) is 42.4. The molecule has 17 aromatic carbocycles. The van der Waals surface area contributed by atoms with Crippen LogP contribution in [0.2, 0.25) is 0 Å². The molecule has 0 aliphatic heterocycles. The molecule has 0 unspecified atom stereocenters. The molecule has 0 amide bonds. The Balaban J connectivity index is 1.20. The van der Waals surface area contributed by atoms with Crippen LogP contribution in [-0.4, -0.2) is 6.29 Å². The normalized spacial score (nSPS) is 14.9. The topological polar surface area (TPSA) is 17.1 Å². The van der Waals surface area contributed by atoms with Crippen LogP contribution >= 0.6 is 0 Å². The zero-order valence-corrected chi connectivity index (χ0v) is 53.6. The summed E-state index contributed by atoms with van der Waals surface area (Å²) in [4.78, 5) is 14.8. The molecule has 0 radical (unpaired) electrons. The van der Waals surface area contributed by atoms with Gasteiger partial charge in [0.2, 0.25) is 0 Å². The summed E-state index contributed by atoms with van der Waals surface area (Å²) < 4.78 is 0. The summed E-state index contributed by atoms with van der Waals surface area (Å²) in [5.74, 6) is 0. The van der Waals surface area contributed by atoms with Gasteiger partial charge in [-0.2, -0.15) is 0 Å². The number of carbonyl (C=O) groups excluding carboxylic acids is 1. The SMILES string of the molecule is CC(C)(C)c1ccc(-c2cc3c4ccc(C(C)(C)C)cc4c4ccc5c6c4c3c3c2c2ccccc2c2c4c7ccccc7c7c(-c8ccc(C(C)(C)C)cc8)cc8c9ccc(C(C)(C)C)cc9c9cc%10c(c%11c9c8c7c4c%11c6c23)C5=C(C=O)C%10(C)C)cc1. The van der Waals surface area contributed by atoms with Crippen molar-refractivity contribution in [1.82, 2.24) is 0 Å². The van der Waals surface area contributed by atoms with Crippen LogP contribution in [0, 0.1) is 0 Å². The van der Waals surface area contributed by atoms with E-state index in [1.165, 1.54) is 218 Å². The number of fused-ring (bicyclic) bond motifs is 14. The lowest BCUT2D eigenvalue weighted by molar-refractivity contribution is -0.105. The maximum absolute atomic E-state index is 14.8. The molecule has 0 atom stereocenters. The molecule has 0 spiro atoms. The van der Waals surface area contributed by atoms with Crippen molar-refractivity contribution in [2.45, 2.75) is 124 Å². The van der Waals surface area contributed by atoms with Gasteiger partial charge in [-0.15, -0.1) is 0 Å². The minimum absolute atomic E-state index is 0.00233. The minimum Gasteiger partial charge on any atom is -0.298 e. The van der Waals surface area contributed by atoms with Crippen molar-refractivity contribution >= 4 is 163 Å². The lowest BCUT2D eigenvalue weighted by Crippen LogP contribution is -2.18. The molecule has 0 saturated carbocycles. The first-order valence-corrected chi connectivity index (χ1v) is 32.4. The van der Waals surface area contributed by atoms with E-state index in [9.17, 15) is 4.79 Å². The summed E-state index contributed by atoms with van der Waals surface area (Å²) in [6, 6.07) is 65.4. The largest absolute Gasteiger partial charge is 0.298 e. The van der Waals surface area contributed by atoms with Crippen LogP contribution in [0.5, 0.6) is 0 Å². The lowest BCUT2D eigenvalue weighted by atomic mass is 9.72. The summed E-state index contributed by atoms with van der Waals surface area (Å²) >= 11 is 0. The van der Waals surface area contributed by atoms with E-state index >= 15 is 0 Å². The molecule has 89 heavy (non-hydrogen) atoms. The third-order valence-electron chi connectivity index (χ3n) is 22.4. The van der Waals surface area contributed by atoms with Gasteiger partial charge in [-0.1, -0.05) is 230 Å². The summed E-state index contributed by atoms with van der Waals surface area (Å²) in [6.07, 6.45) is 1.24. The summed E-state index contributed by atoms with van der Waals surface area (Å²) in [5, 5.41) is 36.4. The molecule has 2 aliphatic rings. The lowest BCUT2D eigenvalue weighted by Gasteiger charge is -2.30. The van der Waals surface area contributed by atoms with Gasteiger partial charge in [-0.25, -0.2) is 0 Å². The van der Waals surface area contributed by atoms with Crippen molar-refractivity contribution in [2.24, 2.45) is 0 Å². The number of hydrogen-bond acceptors (Lipinski definition) is 1. The molecule has 1 heteroatoms. The van der Waals surface area contributed by atoms with Crippen molar-refractivity contribution < 1.29 is 4.79 Å². The highest BCUT2D eigenvalue weighted by Gasteiger charge is 2.44. The molecule has 0 heterocycles. The average molecular weight is 1140 g/mol. The van der Waals surface area contributed by atoms with Crippen LogP contribution in [-0.2, 0) is 31.9 Å². The average Bonchev–Trinajstić information content (AvgIpc) is 1.63. The van der Waals surface area contributed by atoms with E-state index < -0.39 is 5.41 Å². The predicted molar refractivity (Wildman–Crippen MR) is 387 cm³/mol. The fourth-order valence-electron chi connectivity index (χ4n) is 18.0. The van der Waals surface area contributed by atoms with E-state index in [2.05, 4.69) is 261 Å². The predicted octanol–water partition coefficient (Wildman–Crippen LogP) is 24.7. The number of benzene rings is 17. The Kier molecular flexibility index (Phi) is 9.42. The second-order valence-corrected chi connectivity index (χ2v) is 31.7. The highest BCUT2D eigenvalue weighted by Crippen LogP contribution is 2.66. The van der Waals surface area contributed by atoms with Gasteiger partial charge in [0.05, 0.1) is 0 Å². The summed E-state index contributed by atoms with van der Waals surface area (Å²) in [6.45, 7) is 32.7. The van der Waals surface area contributed by atoms with Crippen LogP contribution < -0.4 is 0 Å². The highest BCUT2D eigenvalue weighted by atomic mass is 16.1. The van der Waals surface area contributed by atoms with E-state index in [1.54, 1.807) is 0 Å². The Morgan fingerprint density at radius 1 is 0.281 bits per heavy atom. The number of hydrogen-bond donors (Lipinski definition) is 0. The number of rotatable bonds is 3. The van der Waals surface area contributed by atoms with Gasteiger partial charge in [-0.3, -0.25) is 4.79 Å². The number of carbonyl (C=O) groups is 1. The Bertz CT molecular complexity index is 6170. The monoisotopic (exact) mass is 1140 g/mol. The molecule has 1 nitrogen and oxygen atoms in total. The molecule has 0 bridgehead atoms. The summed E-state index contributed by atoms with van der Waals surface area (Å²) in [5.41, 5.74) is 15.1. The second kappa shape index (κ2) is 16.2. The smallest absolute Gasteiger partial charge is 0.147 e. The summed E-state index contributed by atoms with van der Waals surface area (Å²) in [7, 11) is 0. The van der Waals surface area contributed by atoms with Gasteiger partial charge in [0.25, 0.3) is 0 Å². The van der Waals surface area contributed by atoms with Gasteiger partial charge in [0.15, 0.2) is 0 Å². The molecule has 2 aliphatic carbocycles. The molecular weight excluding hydrogens is 1070 g/mol. The van der Waals surface area contributed by atoms with Crippen LogP contribution in [0.25, 0.3) is 179 Å². The van der Waals surface area contributed by atoms with Crippen LogP contribution in [0.15, 0.2) is 169 Å². The maximum Gasteiger partial charge on any atom is 0.147 e. The van der Waals surface area contributed by atoms with E-state index in [4.69, 9.17) is 0 Å². The Labute approximate surface area is 518 Å². The molecule has 0 N–H and O–H groups in total. The first kappa shape index (κ1) is 51.8.